The van der Waals surface area contributed by atoms with Crippen molar-refractivity contribution in [1.82, 2.24) is 14.8 Å². The van der Waals surface area contributed by atoms with Crippen LogP contribution in [0.2, 0.25) is 0 Å². The number of alkyl halides is 5. The van der Waals surface area contributed by atoms with E-state index in [9.17, 15) is 40.4 Å². The topological polar surface area (TPSA) is 103 Å². The van der Waals surface area contributed by atoms with Crippen molar-refractivity contribution in [3.8, 4) is 0 Å². The van der Waals surface area contributed by atoms with Crippen molar-refractivity contribution in [2.45, 2.75) is 61.3 Å². The van der Waals surface area contributed by atoms with E-state index in [1.54, 1.807) is 11.5 Å². The Labute approximate surface area is 253 Å². The molecule has 2 N–H and O–H groups in total. The number of nitrogens with one attached hydrogen (secondary N) is 1. The van der Waals surface area contributed by atoms with Crippen LogP contribution in [0.25, 0.3) is 0 Å². The molecule has 2 aliphatic rings. The zero-order valence-electron chi connectivity index (χ0n) is 22.4. The summed E-state index contributed by atoms with van der Waals surface area (Å²) in [5.41, 5.74) is 3.30. The Balaban J connectivity index is 0.00000308. The van der Waals surface area contributed by atoms with Gasteiger partial charge in [0.15, 0.2) is 4.75 Å². The lowest BCUT2D eigenvalue weighted by molar-refractivity contribution is -0.284. The molecule has 4 rings (SSSR count). The first-order valence-corrected chi connectivity index (χ1v) is 14.4. The van der Waals surface area contributed by atoms with Crippen molar-refractivity contribution in [3.63, 3.8) is 0 Å². The normalized spacial score (nSPS) is 18.5. The summed E-state index contributed by atoms with van der Waals surface area (Å²) in [7, 11) is -4.16. The van der Waals surface area contributed by atoms with Gasteiger partial charge in [0, 0.05) is 56.1 Å². The molecule has 8 nitrogen and oxygen atoms in total. The quantitative estimate of drug-likeness (QED) is 0.231. The molecule has 0 atom stereocenters. The number of hydrogen-bond donors (Lipinski definition) is 2. The first-order valence-electron chi connectivity index (χ1n) is 12.9. The monoisotopic (exact) mass is 662 g/mol. The number of hydrogen-bond acceptors (Lipinski definition) is 6. The van der Waals surface area contributed by atoms with E-state index >= 15 is 0 Å². The second-order valence-electron chi connectivity index (χ2n) is 10.2. The van der Waals surface area contributed by atoms with E-state index in [2.05, 4.69) is 4.98 Å². The van der Waals surface area contributed by atoms with Crippen molar-refractivity contribution in [2.24, 2.45) is 0 Å². The van der Waals surface area contributed by atoms with Gasteiger partial charge in [-0.2, -0.15) is 22.0 Å². The molecular formula is C26H33Cl2F5N4O4S. The Hall–Kier alpha value is -2.26. The number of aryl methyl sites for hydroxylation is 1. The predicted molar refractivity (Wildman–Crippen MR) is 151 cm³/mol. The van der Waals surface area contributed by atoms with Crippen LogP contribution in [0.1, 0.15) is 49.3 Å². The number of benzene rings is 1. The number of amides is 1. The van der Waals surface area contributed by atoms with Crippen molar-refractivity contribution < 1.29 is 40.4 Å². The molecule has 3 heterocycles. The van der Waals surface area contributed by atoms with Crippen LogP contribution in [-0.4, -0.2) is 71.8 Å². The number of carbonyl (C=O) groups excluding carboxylic acids is 1. The molecule has 1 aromatic heterocycles. The molecule has 0 aliphatic carbocycles. The number of sulfonamides is 1. The van der Waals surface area contributed by atoms with E-state index < -0.39 is 45.6 Å². The Kier molecular flexibility index (Phi) is 12.0. The van der Waals surface area contributed by atoms with Crippen LogP contribution in [0.15, 0.2) is 48.7 Å². The van der Waals surface area contributed by atoms with Crippen LogP contribution >= 0.6 is 24.8 Å². The van der Waals surface area contributed by atoms with Gasteiger partial charge in [-0.25, -0.2) is 18.2 Å². The molecule has 2 aliphatic heterocycles. The minimum atomic E-state index is -5.61. The lowest BCUT2D eigenvalue weighted by Gasteiger charge is -2.43. The van der Waals surface area contributed by atoms with Crippen LogP contribution < -0.4 is 10.4 Å². The lowest BCUT2D eigenvalue weighted by Crippen LogP contribution is -2.62. The second-order valence-corrected chi connectivity index (χ2v) is 12.5. The molecule has 2 saturated heterocycles. The van der Waals surface area contributed by atoms with E-state index in [1.165, 1.54) is 16.6 Å². The summed E-state index contributed by atoms with van der Waals surface area (Å²) in [5, 5.41) is 9.43. The number of carbonyl (C=O) groups is 1. The van der Waals surface area contributed by atoms with Crippen molar-refractivity contribution >= 4 is 46.4 Å². The average molecular weight is 664 g/mol. The third-order valence-electron chi connectivity index (χ3n) is 7.90. The molecule has 2 aromatic rings. The van der Waals surface area contributed by atoms with Crippen molar-refractivity contribution in [3.05, 3.63) is 59.9 Å². The molecular weight excluding hydrogens is 630 g/mol. The average Bonchev–Trinajstić information content (AvgIpc) is 2.96. The molecule has 0 radical (unpaired) electrons. The number of halogens is 7. The van der Waals surface area contributed by atoms with E-state index in [-0.39, 0.29) is 62.2 Å². The van der Waals surface area contributed by atoms with E-state index in [1.807, 2.05) is 35.2 Å². The SMILES string of the molecule is Cl.Cl.O=C(NO)C1(S(=O)(=O)N2CCC(c3ccc(CCC(F)(F)C(F)(F)F)cn3)CC2)CCN(c2ccccc2)CC1. The number of rotatable bonds is 8. The van der Waals surface area contributed by atoms with Gasteiger partial charge in [-0.05, 0) is 55.9 Å². The van der Waals surface area contributed by atoms with Gasteiger partial charge < -0.3 is 4.90 Å². The van der Waals surface area contributed by atoms with Crippen LogP contribution in [0, 0.1) is 0 Å². The minimum Gasteiger partial charge on any atom is -0.371 e. The summed E-state index contributed by atoms with van der Waals surface area (Å²) in [6.07, 6.45) is -5.46. The molecule has 42 heavy (non-hydrogen) atoms. The van der Waals surface area contributed by atoms with Crippen LogP contribution in [0.3, 0.4) is 0 Å². The fraction of sp³-hybridized carbons (Fsp3) is 0.538. The number of hydroxylamine groups is 1. The van der Waals surface area contributed by atoms with Gasteiger partial charge in [-0.3, -0.25) is 15.0 Å². The van der Waals surface area contributed by atoms with Gasteiger partial charge in [-0.1, -0.05) is 24.3 Å². The Morgan fingerprint density at radius 2 is 1.57 bits per heavy atom. The van der Waals surface area contributed by atoms with Gasteiger partial charge >= 0.3 is 12.1 Å². The first-order chi connectivity index (χ1) is 18.8. The first kappa shape index (κ1) is 35.9. The number of anilines is 1. The zero-order chi connectivity index (χ0) is 29.2. The lowest BCUT2D eigenvalue weighted by atomic mass is 9.93. The molecule has 0 bridgehead atoms. The molecule has 1 amide bonds. The maximum Gasteiger partial charge on any atom is 0.453 e. The fourth-order valence-corrected chi connectivity index (χ4v) is 7.54. The zero-order valence-corrected chi connectivity index (χ0v) is 24.8. The molecule has 2 fully saturated rings. The standard InChI is InChI=1S/C26H31F5N4O4S.2ClH/c27-25(28,26(29,30)31)11-8-19-6-7-22(32-18-19)20-9-14-35(15-10-20)40(38,39)24(23(36)33-37)12-16-34(17-13-24)21-4-2-1-3-5-21;;/h1-7,18,20,37H,8-17H2,(H,33,36);2*1H. The molecule has 1 aromatic carbocycles. The largest absolute Gasteiger partial charge is 0.453 e. The van der Waals surface area contributed by atoms with E-state index in [0.29, 0.717) is 31.6 Å². The maximum absolute atomic E-state index is 13.8. The third-order valence-corrected chi connectivity index (χ3v) is 10.5. The fourth-order valence-electron chi connectivity index (χ4n) is 5.38. The maximum atomic E-state index is 13.8. The van der Waals surface area contributed by atoms with Gasteiger partial charge in [-0.15, -0.1) is 24.8 Å². The Bertz CT molecular complexity index is 1270. The highest BCUT2D eigenvalue weighted by Gasteiger charge is 2.57. The highest BCUT2D eigenvalue weighted by atomic mass is 35.5. The van der Waals surface area contributed by atoms with Gasteiger partial charge in [0.25, 0.3) is 5.91 Å². The summed E-state index contributed by atoms with van der Waals surface area (Å²) in [6, 6.07) is 12.4. The van der Waals surface area contributed by atoms with Crippen LogP contribution in [0.5, 0.6) is 0 Å². The van der Waals surface area contributed by atoms with E-state index in [0.717, 1.165) is 5.69 Å². The molecule has 16 heteroatoms. The summed E-state index contributed by atoms with van der Waals surface area (Å²) in [4.78, 5) is 19.0. The molecule has 0 spiro atoms. The number of pyridine rings is 1. The van der Waals surface area contributed by atoms with Gasteiger partial charge in [0.1, 0.15) is 0 Å². The van der Waals surface area contributed by atoms with Gasteiger partial charge in [0.2, 0.25) is 10.0 Å². The molecule has 0 unspecified atom stereocenters. The van der Waals surface area contributed by atoms with Crippen molar-refractivity contribution in [2.75, 3.05) is 31.1 Å². The second kappa shape index (κ2) is 14.0. The highest BCUT2D eigenvalue weighted by Crippen LogP contribution is 2.40. The number of para-hydroxylation sites is 1. The predicted octanol–water partition coefficient (Wildman–Crippen LogP) is 5.11. The van der Waals surface area contributed by atoms with Crippen LogP contribution in [0.4, 0.5) is 27.6 Å². The summed E-state index contributed by atoms with van der Waals surface area (Å²) in [5.74, 6) is -5.90. The van der Waals surface area contributed by atoms with Crippen LogP contribution in [-0.2, 0) is 21.2 Å². The van der Waals surface area contributed by atoms with Crippen molar-refractivity contribution in [1.29, 1.82) is 0 Å². The molecule has 236 valence electrons. The summed E-state index contributed by atoms with van der Waals surface area (Å²) < 4.78 is 90.7. The number of piperidine rings is 2. The molecule has 0 saturated carbocycles. The summed E-state index contributed by atoms with van der Waals surface area (Å²) in [6.45, 7) is 0.824. The smallest absolute Gasteiger partial charge is 0.371 e. The van der Waals surface area contributed by atoms with E-state index in [4.69, 9.17) is 0 Å². The number of aromatic nitrogens is 1. The summed E-state index contributed by atoms with van der Waals surface area (Å²) >= 11 is 0. The third kappa shape index (κ3) is 7.26. The Morgan fingerprint density at radius 3 is 2.07 bits per heavy atom. The minimum absolute atomic E-state index is 0. The number of nitrogens with zero attached hydrogens (tertiary/aromatic N) is 3. The Morgan fingerprint density at radius 1 is 0.976 bits per heavy atom. The van der Waals surface area contributed by atoms with Gasteiger partial charge in [0.05, 0.1) is 0 Å². The highest BCUT2D eigenvalue weighted by molar-refractivity contribution is 7.91.